The minimum Gasteiger partial charge on any atom is -0.480 e. The van der Waals surface area contributed by atoms with Crippen LogP contribution in [0.5, 0.6) is 5.88 Å². The Bertz CT molecular complexity index is 1700. The largest absolute Gasteiger partial charge is 0.480 e. The molecule has 0 saturated carbocycles. The summed E-state index contributed by atoms with van der Waals surface area (Å²) in [6.45, 7) is 5.27. The second kappa shape index (κ2) is 10.6. The Kier molecular flexibility index (Phi) is 7.61. The van der Waals surface area contributed by atoms with Gasteiger partial charge >= 0.3 is 0 Å². The number of nitrogen functional groups attached to an aromatic ring is 1. The van der Waals surface area contributed by atoms with Gasteiger partial charge in [-0.25, -0.2) is 26.8 Å². The van der Waals surface area contributed by atoms with Crippen molar-refractivity contribution >= 4 is 42.3 Å². The van der Waals surface area contributed by atoms with Crippen LogP contribution in [0.25, 0.3) is 33.2 Å². The van der Waals surface area contributed by atoms with E-state index in [0.717, 1.165) is 16.5 Å². The highest BCUT2D eigenvalue weighted by atomic mass is 32.2. The number of nitrogens with one attached hydrogen (secondary N) is 1. The van der Waals surface area contributed by atoms with Gasteiger partial charge in [0, 0.05) is 22.7 Å². The maximum Gasteiger partial charge on any atom is 0.238 e. The lowest BCUT2D eigenvalue weighted by atomic mass is 10.0. The number of sulfonamides is 1. The van der Waals surface area contributed by atoms with Gasteiger partial charge in [-0.3, -0.25) is 4.72 Å². The molecule has 2 heterocycles. The van der Waals surface area contributed by atoms with Gasteiger partial charge in [0.1, 0.15) is 11.5 Å². The van der Waals surface area contributed by atoms with Crippen LogP contribution in [0.3, 0.4) is 0 Å². The third-order valence-electron chi connectivity index (χ3n) is 5.94. The predicted octanol–water partition coefficient (Wildman–Crippen LogP) is 4.75. The maximum atomic E-state index is 12.6. The summed E-state index contributed by atoms with van der Waals surface area (Å²) < 4.78 is 57.3. The summed E-state index contributed by atoms with van der Waals surface area (Å²) in [6, 6.07) is 15.7. The molecule has 38 heavy (non-hydrogen) atoms. The molecule has 2 aromatic heterocycles. The summed E-state index contributed by atoms with van der Waals surface area (Å²) in [7, 11) is -5.47. The number of nitrogens with zero attached hydrogens (tertiary/aromatic N) is 2. The summed E-state index contributed by atoms with van der Waals surface area (Å²) in [6.07, 6.45) is 1.61. The van der Waals surface area contributed by atoms with Crippen LogP contribution in [0, 0.1) is 5.92 Å². The first-order valence-electron chi connectivity index (χ1n) is 12.0. The number of rotatable bonds is 9. The molecule has 4 rings (SSSR count). The Morgan fingerprint density at radius 1 is 0.947 bits per heavy atom. The molecule has 0 radical (unpaired) electrons. The molecular weight excluding hydrogens is 524 g/mol. The van der Waals surface area contributed by atoms with Crippen molar-refractivity contribution in [1.82, 2.24) is 9.97 Å². The number of pyridine rings is 2. The predicted molar refractivity (Wildman–Crippen MR) is 151 cm³/mol. The van der Waals surface area contributed by atoms with E-state index in [2.05, 4.69) is 14.7 Å². The van der Waals surface area contributed by atoms with E-state index in [1.165, 1.54) is 7.11 Å². The summed E-state index contributed by atoms with van der Waals surface area (Å²) in [4.78, 5) is 9.08. The van der Waals surface area contributed by atoms with Crippen LogP contribution < -0.4 is 15.2 Å². The van der Waals surface area contributed by atoms with Gasteiger partial charge in [-0.15, -0.1) is 0 Å². The number of ether oxygens (including phenoxy) is 1. The fourth-order valence-corrected chi connectivity index (χ4v) is 6.43. The van der Waals surface area contributed by atoms with Crippen molar-refractivity contribution in [3.8, 4) is 28.1 Å². The molecule has 0 unspecified atom stereocenters. The monoisotopic (exact) mass is 554 g/mol. The number of methoxy groups -OCH3 is 1. The van der Waals surface area contributed by atoms with Gasteiger partial charge in [0.05, 0.1) is 29.0 Å². The van der Waals surface area contributed by atoms with Gasteiger partial charge in [-0.1, -0.05) is 39.0 Å². The molecule has 3 N–H and O–H groups in total. The lowest BCUT2D eigenvalue weighted by Gasteiger charge is -2.14. The van der Waals surface area contributed by atoms with Gasteiger partial charge in [0.15, 0.2) is 9.84 Å². The Hall–Kier alpha value is -3.70. The lowest BCUT2D eigenvalue weighted by Crippen LogP contribution is -2.20. The van der Waals surface area contributed by atoms with Crippen LogP contribution in [-0.2, 0) is 19.9 Å². The number of hydrogen-bond donors (Lipinski definition) is 2. The van der Waals surface area contributed by atoms with E-state index in [9.17, 15) is 16.8 Å². The van der Waals surface area contributed by atoms with Crippen molar-refractivity contribution < 1.29 is 21.6 Å². The highest BCUT2D eigenvalue weighted by Gasteiger charge is 2.18. The smallest absolute Gasteiger partial charge is 0.238 e. The van der Waals surface area contributed by atoms with Gasteiger partial charge in [0.25, 0.3) is 0 Å². The number of hydrogen-bond acceptors (Lipinski definition) is 8. The molecule has 11 heteroatoms. The first kappa shape index (κ1) is 27.3. The fourth-order valence-electron chi connectivity index (χ4n) is 4.10. The van der Waals surface area contributed by atoms with E-state index in [4.69, 9.17) is 10.5 Å². The zero-order valence-electron chi connectivity index (χ0n) is 21.6. The molecule has 0 aliphatic heterocycles. The van der Waals surface area contributed by atoms with Gasteiger partial charge < -0.3 is 10.5 Å². The standard InChI is InChI=1S/C27H30N4O5S2/c1-5-37(32,33)22-9-6-18(7-10-22)23-13-20-12-19(8-11-24(20)30-26(23)28)21-14-25(27(36-4)29-15-21)31-38(34,35)16-17(2)3/h6-15,17,31H,5,16H2,1-4H3,(H2,28,30). The topological polar surface area (TPSA) is 141 Å². The van der Waals surface area contributed by atoms with Crippen LogP contribution in [0.1, 0.15) is 20.8 Å². The molecule has 0 fully saturated rings. The van der Waals surface area contributed by atoms with Crippen molar-refractivity contribution in [2.24, 2.45) is 5.92 Å². The van der Waals surface area contributed by atoms with E-state index in [1.54, 1.807) is 43.5 Å². The Morgan fingerprint density at radius 3 is 2.26 bits per heavy atom. The summed E-state index contributed by atoms with van der Waals surface area (Å²) in [5.41, 5.74) is 10.1. The van der Waals surface area contributed by atoms with Crippen molar-refractivity contribution in [3.05, 3.63) is 60.8 Å². The lowest BCUT2D eigenvalue weighted by molar-refractivity contribution is 0.400. The minimum absolute atomic E-state index is 0.0237. The van der Waals surface area contributed by atoms with E-state index in [1.807, 2.05) is 38.1 Å². The Morgan fingerprint density at radius 2 is 1.63 bits per heavy atom. The first-order chi connectivity index (χ1) is 17.9. The van der Waals surface area contributed by atoms with E-state index < -0.39 is 19.9 Å². The second-order valence-electron chi connectivity index (χ2n) is 9.31. The number of nitrogens with two attached hydrogens (primary N) is 1. The number of benzene rings is 2. The zero-order chi connectivity index (χ0) is 27.7. The zero-order valence-corrected chi connectivity index (χ0v) is 23.2. The van der Waals surface area contributed by atoms with Gasteiger partial charge in [-0.2, -0.15) is 0 Å². The molecule has 0 aliphatic carbocycles. The molecule has 0 spiro atoms. The first-order valence-corrected chi connectivity index (χ1v) is 15.3. The van der Waals surface area contributed by atoms with Gasteiger partial charge in [-0.05, 0) is 53.4 Å². The van der Waals surface area contributed by atoms with E-state index in [0.29, 0.717) is 22.5 Å². The highest BCUT2D eigenvalue weighted by Crippen LogP contribution is 2.33. The number of fused-ring (bicyclic) bond motifs is 1. The van der Waals surface area contributed by atoms with Gasteiger partial charge in [0.2, 0.25) is 15.9 Å². The maximum absolute atomic E-state index is 12.6. The summed E-state index contributed by atoms with van der Waals surface area (Å²) in [5, 5.41) is 0.801. The number of sulfone groups is 1. The molecule has 0 aliphatic rings. The molecule has 0 amide bonds. The molecule has 0 saturated heterocycles. The fraction of sp³-hybridized carbons (Fsp3) is 0.259. The molecule has 0 bridgehead atoms. The molecule has 4 aromatic rings. The normalized spacial score (nSPS) is 12.1. The Balaban J connectivity index is 1.74. The van der Waals surface area contributed by atoms with Crippen molar-refractivity contribution in [1.29, 1.82) is 0 Å². The average Bonchev–Trinajstić information content (AvgIpc) is 2.87. The third kappa shape index (κ3) is 5.89. The van der Waals surface area contributed by atoms with E-state index >= 15 is 0 Å². The average molecular weight is 555 g/mol. The second-order valence-corrected chi connectivity index (χ2v) is 13.4. The quantitative estimate of drug-likeness (QED) is 0.302. The van der Waals surface area contributed by atoms with Crippen LogP contribution in [0.2, 0.25) is 0 Å². The van der Waals surface area contributed by atoms with Crippen LogP contribution >= 0.6 is 0 Å². The SMILES string of the molecule is CCS(=O)(=O)c1ccc(-c2cc3cc(-c4cnc(OC)c(NS(=O)(=O)CC(C)C)c4)ccc3nc2N)cc1. The van der Waals surface area contributed by atoms with Crippen LogP contribution in [0.4, 0.5) is 11.5 Å². The van der Waals surface area contributed by atoms with Crippen molar-refractivity contribution in [2.45, 2.75) is 25.7 Å². The molecule has 200 valence electrons. The Labute approximate surface area is 223 Å². The van der Waals surface area contributed by atoms with Crippen LogP contribution in [0.15, 0.2) is 65.7 Å². The number of anilines is 2. The number of aromatic nitrogens is 2. The van der Waals surface area contributed by atoms with Crippen molar-refractivity contribution in [2.75, 3.05) is 29.1 Å². The van der Waals surface area contributed by atoms with Crippen LogP contribution in [-0.4, -0.2) is 45.4 Å². The third-order valence-corrected chi connectivity index (χ3v) is 9.33. The molecule has 2 aromatic carbocycles. The molecule has 0 atom stereocenters. The van der Waals surface area contributed by atoms with Crippen molar-refractivity contribution in [3.63, 3.8) is 0 Å². The minimum atomic E-state index is -3.59. The molecular formula is C27H30N4O5S2. The summed E-state index contributed by atoms with van der Waals surface area (Å²) >= 11 is 0. The molecule has 9 nitrogen and oxygen atoms in total. The summed E-state index contributed by atoms with van der Waals surface area (Å²) in [5.74, 6) is 0.445. The van der Waals surface area contributed by atoms with E-state index in [-0.39, 0.29) is 33.9 Å². The highest BCUT2D eigenvalue weighted by molar-refractivity contribution is 7.92.